The van der Waals surface area contributed by atoms with Crippen molar-refractivity contribution in [3.05, 3.63) is 21.9 Å². The standard InChI is InChI=1S/C14H25N3S/c1-4-16-6-7-17(12(3)10-16)13(9-15)14-11(2)5-8-18-14/h5,8,12-13H,4,6-7,9-10,15H2,1-3H3. The molecule has 2 unspecified atom stereocenters. The molecule has 0 radical (unpaired) electrons. The summed E-state index contributed by atoms with van der Waals surface area (Å²) in [4.78, 5) is 6.57. The Hall–Kier alpha value is -0.420. The highest BCUT2D eigenvalue weighted by atomic mass is 32.1. The summed E-state index contributed by atoms with van der Waals surface area (Å²) in [5.74, 6) is 0. The quantitative estimate of drug-likeness (QED) is 0.906. The second-order valence-corrected chi connectivity index (χ2v) is 6.15. The number of thiophene rings is 1. The molecule has 1 aromatic rings. The Morgan fingerprint density at radius 3 is 2.78 bits per heavy atom. The molecule has 102 valence electrons. The van der Waals surface area contributed by atoms with Gasteiger partial charge in [-0.15, -0.1) is 11.3 Å². The molecule has 18 heavy (non-hydrogen) atoms. The van der Waals surface area contributed by atoms with Crippen LogP contribution in [0.5, 0.6) is 0 Å². The van der Waals surface area contributed by atoms with Crippen molar-refractivity contribution in [1.82, 2.24) is 9.80 Å². The highest BCUT2D eigenvalue weighted by molar-refractivity contribution is 7.10. The van der Waals surface area contributed by atoms with Crippen molar-refractivity contribution in [2.75, 3.05) is 32.7 Å². The van der Waals surface area contributed by atoms with E-state index in [1.807, 2.05) is 11.3 Å². The molecule has 1 aliphatic rings. The lowest BCUT2D eigenvalue weighted by atomic mass is 10.1. The Morgan fingerprint density at radius 1 is 1.50 bits per heavy atom. The minimum Gasteiger partial charge on any atom is -0.329 e. The number of piperazine rings is 1. The van der Waals surface area contributed by atoms with E-state index in [9.17, 15) is 0 Å². The van der Waals surface area contributed by atoms with Crippen LogP contribution in [-0.2, 0) is 0 Å². The lowest BCUT2D eigenvalue weighted by Crippen LogP contribution is -2.53. The first kappa shape index (κ1) is 14.0. The summed E-state index contributed by atoms with van der Waals surface area (Å²) >= 11 is 1.85. The van der Waals surface area contributed by atoms with Gasteiger partial charge in [-0.25, -0.2) is 0 Å². The van der Waals surface area contributed by atoms with Crippen molar-refractivity contribution >= 4 is 11.3 Å². The Balaban J connectivity index is 2.12. The summed E-state index contributed by atoms with van der Waals surface area (Å²) < 4.78 is 0. The van der Waals surface area contributed by atoms with Crippen LogP contribution in [0.4, 0.5) is 0 Å². The van der Waals surface area contributed by atoms with Gasteiger partial charge >= 0.3 is 0 Å². The van der Waals surface area contributed by atoms with Gasteiger partial charge < -0.3 is 10.6 Å². The van der Waals surface area contributed by atoms with Crippen LogP contribution in [0.2, 0.25) is 0 Å². The monoisotopic (exact) mass is 267 g/mol. The number of hydrogen-bond donors (Lipinski definition) is 1. The van der Waals surface area contributed by atoms with E-state index < -0.39 is 0 Å². The van der Waals surface area contributed by atoms with Crippen LogP contribution >= 0.6 is 11.3 Å². The first-order chi connectivity index (χ1) is 8.67. The van der Waals surface area contributed by atoms with Gasteiger partial charge in [0.2, 0.25) is 0 Å². The maximum absolute atomic E-state index is 6.04. The Kier molecular flexibility index (Phi) is 4.78. The smallest absolute Gasteiger partial charge is 0.0570 e. The number of likely N-dealkylation sites (N-methyl/N-ethyl adjacent to an activating group) is 1. The molecule has 2 rings (SSSR count). The summed E-state index contributed by atoms with van der Waals surface area (Å²) in [6.45, 7) is 12.1. The molecule has 2 N–H and O–H groups in total. The molecule has 1 saturated heterocycles. The molecular weight excluding hydrogens is 242 g/mol. The fraction of sp³-hybridized carbons (Fsp3) is 0.714. The van der Waals surface area contributed by atoms with Gasteiger partial charge in [0.15, 0.2) is 0 Å². The second kappa shape index (κ2) is 6.15. The lowest BCUT2D eigenvalue weighted by molar-refractivity contribution is 0.0546. The molecular formula is C14H25N3S. The van der Waals surface area contributed by atoms with Gasteiger partial charge in [0.1, 0.15) is 0 Å². The van der Waals surface area contributed by atoms with Gasteiger partial charge in [-0.05, 0) is 37.4 Å². The first-order valence-electron chi connectivity index (χ1n) is 6.89. The molecule has 2 atom stereocenters. The number of rotatable bonds is 4. The zero-order valence-electron chi connectivity index (χ0n) is 11.7. The van der Waals surface area contributed by atoms with Gasteiger partial charge in [0.05, 0.1) is 6.04 Å². The zero-order valence-corrected chi connectivity index (χ0v) is 12.5. The third-order valence-electron chi connectivity index (χ3n) is 4.04. The van der Waals surface area contributed by atoms with E-state index in [2.05, 4.69) is 42.0 Å². The van der Waals surface area contributed by atoms with Crippen molar-refractivity contribution in [3.63, 3.8) is 0 Å². The average molecular weight is 267 g/mol. The molecule has 0 aromatic carbocycles. The number of nitrogens with two attached hydrogens (primary N) is 1. The molecule has 1 aliphatic heterocycles. The van der Waals surface area contributed by atoms with E-state index in [1.54, 1.807) is 0 Å². The highest BCUT2D eigenvalue weighted by Gasteiger charge is 2.30. The summed E-state index contributed by atoms with van der Waals surface area (Å²) in [6.07, 6.45) is 0. The maximum Gasteiger partial charge on any atom is 0.0570 e. The van der Waals surface area contributed by atoms with Crippen molar-refractivity contribution < 1.29 is 0 Å². The molecule has 1 fully saturated rings. The van der Waals surface area contributed by atoms with Crippen molar-refractivity contribution in [3.8, 4) is 0 Å². The van der Waals surface area contributed by atoms with Gasteiger partial charge in [0.25, 0.3) is 0 Å². The Labute approximate surface area is 115 Å². The molecule has 3 nitrogen and oxygen atoms in total. The van der Waals surface area contributed by atoms with Crippen molar-refractivity contribution in [1.29, 1.82) is 0 Å². The van der Waals surface area contributed by atoms with E-state index >= 15 is 0 Å². The Morgan fingerprint density at radius 2 is 2.28 bits per heavy atom. The van der Waals surface area contributed by atoms with E-state index in [1.165, 1.54) is 17.0 Å². The van der Waals surface area contributed by atoms with Crippen molar-refractivity contribution in [2.24, 2.45) is 5.73 Å². The summed E-state index contributed by atoms with van der Waals surface area (Å²) in [5.41, 5.74) is 7.43. The van der Waals surface area contributed by atoms with E-state index in [4.69, 9.17) is 5.73 Å². The Bertz CT molecular complexity index is 377. The van der Waals surface area contributed by atoms with E-state index in [-0.39, 0.29) is 0 Å². The number of hydrogen-bond acceptors (Lipinski definition) is 4. The van der Waals surface area contributed by atoms with E-state index in [0.717, 1.165) is 26.2 Å². The van der Waals surface area contributed by atoms with Crippen LogP contribution in [-0.4, -0.2) is 48.6 Å². The van der Waals surface area contributed by atoms with E-state index in [0.29, 0.717) is 12.1 Å². The number of nitrogens with zero attached hydrogens (tertiary/aromatic N) is 2. The molecule has 0 bridgehead atoms. The molecule has 0 saturated carbocycles. The average Bonchev–Trinajstić information content (AvgIpc) is 2.78. The van der Waals surface area contributed by atoms with Crippen LogP contribution in [0.1, 0.15) is 30.3 Å². The minimum atomic E-state index is 0.402. The first-order valence-corrected chi connectivity index (χ1v) is 7.77. The summed E-state index contributed by atoms with van der Waals surface area (Å²) in [5, 5.41) is 2.18. The lowest BCUT2D eigenvalue weighted by Gasteiger charge is -2.43. The SMILES string of the molecule is CCN1CCN(C(CN)c2sccc2C)C(C)C1. The molecule has 0 spiro atoms. The predicted molar refractivity (Wildman–Crippen MR) is 79.1 cm³/mol. The fourth-order valence-electron chi connectivity index (χ4n) is 2.92. The van der Waals surface area contributed by atoms with Crippen LogP contribution in [0.25, 0.3) is 0 Å². The molecule has 1 aromatic heterocycles. The zero-order chi connectivity index (χ0) is 13.1. The highest BCUT2D eigenvalue weighted by Crippen LogP contribution is 2.30. The molecule has 4 heteroatoms. The third kappa shape index (κ3) is 2.77. The summed E-state index contributed by atoms with van der Waals surface area (Å²) in [7, 11) is 0. The van der Waals surface area contributed by atoms with Crippen molar-refractivity contribution in [2.45, 2.75) is 32.9 Å². The summed E-state index contributed by atoms with van der Waals surface area (Å²) in [6, 6.07) is 3.20. The topological polar surface area (TPSA) is 32.5 Å². The van der Waals surface area contributed by atoms with Gasteiger partial charge in [0, 0.05) is 37.1 Å². The molecule has 0 aliphatic carbocycles. The van der Waals surface area contributed by atoms with Gasteiger partial charge in [-0.1, -0.05) is 6.92 Å². The van der Waals surface area contributed by atoms with Crippen LogP contribution in [0.3, 0.4) is 0 Å². The largest absolute Gasteiger partial charge is 0.329 e. The van der Waals surface area contributed by atoms with Crippen LogP contribution < -0.4 is 5.73 Å². The normalized spacial score (nSPS) is 24.3. The van der Waals surface area contributed by atoms with Gasteiger partial charge in [-0.2, -0.15) is 0 Å². The van der Waals surface area contributed by atoms with Crippen LogP contribution in [0, 0.1) is 6.92 Å². The molecule has 2 heterocycles. The predicted octanol–water partition coefficient (Wildman–Crippen LogP) is 2.08. The maximum atomic E-state index is 6.04. The van der Waals surface area contributed by atoms with Gasteiger partial charge in [-0.3, -0.25) is 4.90 Å². The second-order valence-electron chi connectivity index (χ2n) is 5.20. The van der Waals surface area contributed by atoms with Crippen LogP contribution in [0.15, 0.2) is 11.4 Å². The third-order valence-corrected chi connectivity index (χ3v) is 5.16. The molecule has 0 amide bonds. The minimum absolute atomic E-state index is 0.402. The number of aryl methyl sites for hydroxylation is 1. The fourth-order valence-corrected chi connectivity index (χ4v) is 3.98.